The van der Waals surface area contributed by atoms with E-state index < -0.39 is 4.92 Å². The van der Waals surface area contributed by atoms with Crippen LogP contribution in [0.4, 0.5) is 5.69 Å². The fourth-order valence-corrected chi connectivity index (χ4v) is 1.79. The Labute approximate surface area is 125 Å². The SMILES string of the molecule is COc1cc([N+](=O)[O-])ccc1Oc1nnc(Cl)c(C)c1C. The van der Waals surface area contributed by atoms with Gasteiger partial charge in [-0.15, -0.1) is 10.2 Å². The molecule has 0 fully saturated rings. The zero-order chi connectivity index (χ0) is 15.6. The van der Waals surface area contributed by atoms with Gasteiger partial charge >= 0.3 is 0 Å². The van der Waals surface area contributed by atoms with Crippen LogP contribution in [0.25, 0.3) is 0 Å². The van der Waals surface area contributed by atoms with Crippen LogP contribution in [-0.4, -0.2) is 22.2 Å². The lowest BCUT2D eigenvalue weighted by atomic mass is 10.2. The Bertz CT molecular complexity index is 706. The number of aromatic nitrogens is 2. The summed E-state index contributed by atoms with van der Waals surface area (Å²) in [6, 6.07) is 4.05. The molecule has 0 saturated carbocycles. The van der Waals surface area contributed by atoms with Gasteiger partial charge in [0.1, 0.15) is 0 Å². The van der Waals surface area contributed by atoms with E-state index in [-0.39, 0.29) is 17.3 Å². The summed E-state index contributed by atoms with van der Waals surface area (Å²) in [6.45, 7) is 3.59. The first-order chi connectivity index (χ1) is 9.93. The van der Waals surface area contributed by atoms with E-state index in [0.717, 1.165) is 11.1 Å². The molecule has 0 aliphatic carbocycles. The molecule has 0 atom stereocenters. The summed E-state index contributed by atoms with van der Waals surface area (Å²) < 4.78 is 10.7. The number of nitro groups is 1. The fraction of sp³-hybridized carbons (Fsp3) is 0.231. The van der Waals surface area contributed by atoms with Gasteiger partial charge in [-0.1, -0.05) is 11.6 Å². The van der Waals surface area contributed by atoms with Crippen LogP contribution in [0.2, 0.25) is 5.15 Å². The molecule has 2 rings (SSSR count). The van der Waals surface area contributed by atoms with E-state index in [1.165, 1.54) is 25.3 Å². The van der Waals surface area contributed by atoms with Crippen molar-refractivity contribution in [3.63, 3.8) is 0 Å². The van der Waals surface area contributed by atoms with E-state index in [2.05, 4.69) is 10.2 Å². The average molecular weight is 310 g/mol. The van der Waals surface area contributed by atoms with Crippen LogP contribution < -0.4 is 9.47 Å². The Balaban J connectivity index is 2.40. The van der Waals surface area contributed by atoms with Crippen LogP contribution in [0.3, 0.4) is 0 Å². The Kier molecular flexibility index (Phi) is 4.23. The summed E-state index contributed by atoms with van der Waals surface area (Å²) in [5.74, 6) is 0.810. The highest BCUT2D eigenvalue weighted by atomic mass is 35.5. The lowest BCUT2D eigenvalue weighted by Gasteiger charge is -2.12. The quantitative estimate of drug-likeness (QED) is 0.635. The molecule has 0 spiro atoms. The molecule has 0 radical (unpaired) electrons. The van der Waals surface area contributed by atoms with Gasteiger partial charge in [0, 0.05) is 11.6 Å². The molecule has 7 nitrogen and oxygen atoms in total. The number of rotatable bonds is 4. The highest BCUT2D eigenvalue weighted by Gasteiger charge is 2.16. The lowest BCUT2D eigenvalue weighted by Crippen LogP contribution is -1.99. The van der Waals surface area contributed by atoms with Crippen LogP contribution in [-0.2, 0) is 0 Å². The summed E-state index contributed by atoms with van der Waals surface area (Å²) >= 11 is 5.87. The molecule has 0 unspecified atom stereocenters. The maximum Gasteiger partial charge on any atom is 0.273 e. The van der Waals surface area contributed by atoms with Gasteiger partial charge in [0.25, 0.3) is 5.69 Å². The Morgan fingerprint density at radius 2 is 1.90 bits per heavy atom. The normalized spacial score (nSPS) is 10.3. The number of methoxy groups -OCH3 is 1. The van der Waals surface area contributed by atoms with Gasteiger partial charge in [-0.3, -0.25) is 10.1 Å². The van der Waals surface area contributed by atoms with Gasteiger partial charge in [0.2, 0.25) is 5.88 Å². The highest BCUT2D eigenvalue weighted by Crippen LogP contribution is 2.35. The first-order valence-corrected chi connectivity index (χ1v) is 6.31. The zero-order valence-electron chi connectivity index (χ0n) is 11.6. The molecule has 1 aromatic heterocycles. The molecule has 1 heterocycles. The first kappa shape index (κ1) is 15.0. The number of ether oxygens (including phenoxy) is 2. The van der Waals surface area contributed by atoms with Gasteiger partial charge in [-0.2, -0.15) is 0 Å². The van der Waals surface area contributed by atoms with Gasteiger partial charge < -0.3 is 9.47 Å². The number of hydrogen-bond donors (Lipinski definition) is 0. The molecule has 0 aliphatic heterocycles. The van der Waals surface area contributed by atoms with Gasteiger partial charge in [0.05, 0.1) is 18.1 Å². The lowest BCUT2D eigenvalue weighted by molar-refractivity contribution is -0.384. The van der Waals surface area contributed by atoms with Crippen LogP contribution in [0.1, 0.15) is 11.1 Å². The topological polar surface area (TPSA) is 87.4 Å². The fourth-order valence-electron chi connectivity index (χ4n) is 1.61. The van der Waals surface area contributed by atoms with Crippen LogP contribution in [0, 0.1) is 24.0 Å². The summed E-state index contributed by atoms with van der Waals surface area (Å²) in [7, 11) is 1.40. The van der Waals surface area contributed by atoms with Crippen molar-refractivity contribution in [2.75, 3.05) is 7.11 Å². The number of hydrogen-bond acceptors (Lipinski definition) is 6. The number of non-ortho nitro benzene ring substituents is 1. The summed E-state index contributed by atoms with van der Waals surface area (Å²) in [6.07, 6.45) is 0. The molecule has 0 aliphatic rings. The van der Waals surface area contributed by atoms with Gasteiger partial charge in [-0.25, -0.2) is 0 Å². The van der Waals surface area contributed by atoms with E-state index >= 15 is 0 Å². The van der Waals surface area contributed by atoms with E-state index in [4.69, 9.17) is 21.1 Å². The summed E-state index contributed by atoms with van der Waals surface area (Å²) in [5, 5.41) is 18.7. The Morgan fingerprint density at radius 3 is 2.52 bits per heavy atom. The average Bonchev–Trinajstić information content (AvgIpc) is 2.48. The predicted octanol–water partition coefficient (Wildman–Crippen LogP) is 3.46. The third-order valence-corrected chi connectivity index (χ3v) is 3.35. The van der Waals surface area contributed by atoms with Crippen LogP contribution in [0.15, 0.2) is 18.2 Å². The van der Waals surface area contributed by atoms with E-state index in [1.807, 2.05) is 0 Å². The molecular formula is C13H12ClN3O4. The highest BCUT2D eigenvalue weighted by molar-refractivity contribution is 6.30. The molecule has 0 bridgehead atoms. The van der Waals surface area contributed by atoms with Crippen LogP contribution in [0.5, 0.6) is 17.4 Å². The molecular weight excluding hydrogens is 298 g/mol. The van der Waals surface area contributed by atoms with Crippen molar-refractivity contribution in [3.8, 4) is 17.4 Å². The van der Waals surface area contributed by atoms with Crippen molar-refractivity contribution in [2.24, 2.45) is 0 Å². The minimum absolute atomic E-state index is 0.0886. The molecule has 0 N–H and O–H groups in total. The third-order valence-electron chi connectivity index (χ3n) is 2.99. The van der Waals surface area contributed by atoms with Crippen molar-refractivity contribution in [1.82, 2.24) is 10.2 Å². The summed E-state index contributed by atoms with van der Waals surface area (Å²) in [5.41, 5.74) is 1.40. The monoisotopic (exact) mass is 309 g/mol. The maximum atomic E-state index is 10.7. The second kappa shape index (κ2) is 5.92. The molecule has 1 aromatic carbocycles. The second-order valence-corrected chi connectivity index (χ2v) is 4.60. The maximum absolute atomic E-state index is 10.7. The molecule has 21 heavy (non-hydrogen) atoms. The predicted molar refractivity (Wildman–Crippen MR) is 76.2 cm³/mol. The number of benzene rings is 1. The van der Waals surface area contributed by atoms with Gasteiger partial charge in [0.15, 0.2) is 16.7 Å². The van der Waals surface area contributed by atoms with Crippen molar-refractivity contribution in [1.29, 1.82) is 0 Å². The molecule has 2 aromatic rings. The van der Waals surface area contributed by atoms with Crippen molar-refractivity contribution in [3.05, 3.63) is 44.6 Å². The second-order valence-electron chi connectivity index (χ2n) is 4.24. The molecule has 0 saturated heterocycles. The minimum atomic E-state index is -0.510. The number of nitro benzene ring substituents is 1. The van der Waals surface area contributed by atoms with E-state index in [1.54, 1.807) is 13.8 Å². The molecule has 8 heteroatoms. The largest absolute Gasteiger partial charge is 0.493 e. The Morgan fingerprint density at radius 1 is 1.19 bits per heavy atom. The van der Waals surface area contributed by atoms with Gasteiger partial charge in [-0.05, 0) is 25.5 Å². The third kappa shape index (κ3) is 3.03. The van der Waals surface area contributed by atoms with Crippen LogP contribution >= 0.6 is 11.6 Å². The van der Waals surface area contributed by atoms with E-state index in [0.29, 0.717) is 10.9 Å². The Hall–Kier alpha value is -2.41. The van der Waals surface area contributed by atoms with Crippen molar-refractivity contribution in [2.45, 2.75) is 13.8 Å². The van der Waals surface area contributed by atoms with Crippen molar-refractivity contribution < 1.29 is 14.4 Å². The van der Waals surface area contributed by atoms with E-state index in [9.17, 15) is 10.1 Å². The zero-order valence-corrected chi connectivity index (χ0v) is 12.3. The minimum Gasteiger partial charge on any atom is -0.493 e. The smallest absolute Gasteiger partial charge is 0.273 e. The molecule has 110 valence electrons. The first-order valence-electron chi connectivity index (χ1n) is 5.93. The number of nitrogens with zero attached hydrogens (tertiary/aromatic N) is 3. The standard InChI is InChI=1S/C13H12ClN3O4/c1-7-8(2)13(16-15-12(7)14)21-10-5-4-9(17(18)19)6-11(10)20-3/h4-6H,1-3H3. The molecule has 0 amide bonds. The number of halogens is 1. The van der Waals surface area contributed by atoms with Crippen molar-refractivity contribution >= 4 is 17.3 Å². The summed E-state index contributed by atoms with van der Waals surface area (Å²) in [4.78, 5) is 10.2.